The van der Waals surface area contributed by atoms with Crippen molar-refractivity contribution in [1.82, 2.24) is 0 Å². The SMILES string of the molecule is F[CH]1[AlH][CH](F)C(F)C(F)C1F.[H-].[Li+]. The fourth-order valence-corrected chi connectivity index (χ4v) is 2.52. The fourth-order valence-electron chi connectivity index (χ4n) is 1.05. The van der Waals surface area contributed by atoms with E-state index in [1.807, 2.05) is 0 Å². The van der Waals surface area contributed by atoms with Crippen LogP contribution >= 0.6 is 0 Å². The van der Waals surface area contributed by atoms with Crippen LogP contribution in [0.25, 0.3) is 0 Å². The Kier molecular flexibility index (Phi) is 5.18. The topological polar surface area (TPSA) is 0 Å². The Balaban J connectivity index is 0. The van der Waals surface area contributed by atoms with Crippen LogP contribution in [0.1, 0.15) is 1.43 Å². The average Bonchev–Trinajstić information content (AvgIpc) is 1.97. The molecule has 0 aromatic rings. The monoisotopic (exact) mass is 196 g/mol. The summed E-state index contributed by atoms with van der Waals surface area (Å²) in [5, 5.41) is -4.15. The van der Waals surface area contributed by atoms with Gasteiger partial charge in [-0.05, 0) is 0 Å². The van der Waals surface area contributed by atoms with Gasteiger partial charge >= 0.3 is 34.1 Å². The molecule has 12 heavy (non-hydrogen) atoms. The zero-order chi connectivity index (χ0) is 8.59. The number of hydrogen-bond donors (Lipinski definition) is 0. The molecule has 1 saturated heterocycles. The van der Waals surface area contributed by atoms with E-state index < -0.39 is 43.8 Å². The summed E-state index contributed by atoms with van der Waals surface area (Å²) in [7, 11) is 0. The second-order valence-electron chi connectivity index (χ2n) is 2.60. The molecule has 0 bridgehead atoms. The van der Waals surface area contributed by atoms with Crippen molar-refractivity contribution in [2.45, 2.75) is 28.6 Å². The van der Waals surface area contributed by atoms with Gasteiger partial charge in [0.15, 0.2) is 18.5 Å². The Hall–Kier alpha value is 0.780. The van der Waals surface area contributed by atoms with Crippen molar-refractivity contribution in [2.24, 2.45) is 0 Å². The van der Waals surface area contributed by atoms with Crippen LogP contribution in [0.2, 0.25) is 0 Å². The molecule has 1 rings (SSSR count). The van der Waals surface area contributed by atoms with Gasteiger partial charge in [-0.25, -0.2) is 13.2 Å². The quantitative estimate of drug-likeness (QED) is 0.315. The molecular formula is C5H7AlF5Li. The van der Waals surface area contributed by atoms with E-state index in [2.05, 4.69) is 0 Å². The third kappa shape index (κ3) is 2.39. The molecule has 0 saturated carbocycles. The first-order valence-electron chi connectivity index (χ1n) is 3.24. The van der Waals surface area contributed by atoms with Gasteiger partial charge in [0.2, 0.25) is 0 Å². The summed E-state index contributed by atoms with van der Waals surface area (Å²) in [5.41, 5.74) is 0. The first kappa shape index (κ1) is 12.8. The van der Waals surface area contributed by atoms with Gasteiger partial charge in [0.1, 0.15) is 0 Å². The zero-order valence-corrected chi connectivity index (χ0v) is 7.90. The van der Waals surface area contributed by atoms with Crippen LogP contribution in [0.15, 0.2) is 0 Å². The van der Waals surface area contributed by atoms with E-state index in [0.29, 0.717) is 0 Å². The van der Waals surface area contributed by atoms with Gasteiger partial charge in [-0.2, -0.15) is 0 Å². The minimum atomic E-state index is -2.62. The van der Waals surface area contributed by atoms with Crippen molar-refractivity contribution in [2.75, 3.05) is 0 Å². The van der Waals surface area contributed by atoms with Crippen LogP contribution in [0.3, 0.4) is 0 Å². The zero-order valence-electron chi connectivity index (χ0n) is 7.48. The molecular weight excluding hydrogens is 189 g/mol. The molecule has 1 fully saturated rings. The Morgan fingerprint density at radius 3 is 1.42 bits per heavy atom. The summed E-state index contributed by atoms with van der Waals surface area (Å²) in [5.74, 6) is 0. The summed E-state index contributed by atoms with van der Waals surface area (Å²) < 4.78 is 61.4. The van der Waals surface area contributed by atoms with E-state index in [1.54, 1.807) is 0 Å². The van der Waals surface area contributed by atoms with Crippen LogP contribution in [0.4, 0.5) is 22.0 Å². The van der Waals surface area contributed by atoms with Gasteiger partial charge in [0, 0.05) is 0 Å². The van der Waals surface area contributed by atoms with Crippen LogP contribution in [0, 0.1) is 0 Å². The minimum absolute atomic E-state index is 0. The molecule has 4 atom stereocenters. The van der Waals surface area contributed by atoms with Crippen molar-refractivity contribution in [3.05, 3.63) is 0 Å². The van der Waals surface area contributed by atoms with E-state index in [0.717, 1.165) is 0 Å². The van der Waals surface area contributed by atoms with Gasteiger partial charge in [0.05, 0.1) is 10.1 Å². The molecule has 0 amide bonds. The molecule has 0 spiro atoms. The van der Waals surface area contributed by atoms with Crippen molar-refractivity contribution in [1.29, 1.82) is 0 Å². The van der Waals surface area contributed by atoms with Crippen LogP contribution < -0.4 is 18.9 Å². The van der Waals surface area contributed by atoms with E-state index >= 15 is 0 Å². The molecule has 7 heteroatoms. The summed E-state index contributed by atoms with van der Waals surface area (Å²) in [4.78, 5) is 0. The van der Waals surface area contributed by atoms with Crippen LogP contribution in [-0.4, -0.2) is 43.8 Å². The second-order valence-corrected chi connectivity index (χ2v) is 4.63. The Morgan fingerprint density at radius 1 is 0.750 bits per heavy atom. The molecule has 1 aliphatic rings. The van der Waals surface area contributed by atoms with Crippen molar-refractivity contribution in [3.8, 4) is 0 Å². The molecule has 0 aromatic carbocycles. The molecule has 0 radical (unpaired) electrons. The number of hydrogen-bond acceptors (Lipinski definition) is 0. The van der Waals surface area contributed by atoms with Gasteiger partial charge in [0.25, 0.3) is 0 Å². The van der Waals surface area contributed by atoms with Gasteiger partial charge in [-0.3, -0.25) is 8.78 Å². The average molecular weight is 196 g/mol. The number of rotatable bonds is 0. The molecule has 0 N–H and O–H groups in total. The second kappa shape index (κ2) is 4.86. The number of alkyl halides is 5. The molecule has 1 heterocycles. The molecule has 0 nitrogen and oxygen atoms in total. The van der Waals surface area contributed by atoms with Crippen LogP contribution in [0.5, 0.6) is 0 Å². The smallest absolute Gasteiger partial charge is 1.00 e. The molecule has 1 aliphatic heterocycles. The van der Waals surface area contributed by atoms with E-state index in [9.17, 15) is 22.0 Å². The first-order valence-corrected chi connectivity index (χ1v) is 4.87. The summed E-state index contributed by atoms with van der Waals surface area (Å²) in [6, 6.07) is 0. The van der Waals surface area contributed by atoms with E-state index in [1.165, 1.54) is 0 Å². The predicted molar refractivity (Wildman–Crippen MR) is 32.7 cm³/mol. The van der Waals surface area contributed by atoms with Crippen LogP contribution in [-0.2, 0) is 0 Å². The predicted octanol–water partition coefficient (Wildman–Crippen LogP) is -1.84. The van der Waals surface area contributed by atoms with E-state index in [-0.39, 0.29) is 20.3 Å². The summed E-state index contributed by atoms with van der Waals surface area (Å²) >= 11 is -2.09. The maximum absolute atomic E-state index is 12.3. The maximum Gasteiger partial charge on any atom is 1.00 e. The Morgan fingerprint density at radius 2 is 1.08 bits per heavy atom. The van der Waals surface area contributed by atoms with Crippen molar-refractivity contribution < 1.29 is 42.2 Å². The fraction of sp³-hybridized carbons (Fsp3) is 1.00. The normalized spacial score (nSPS) is 47.6. The van der Waals surface area contributed by atoms with Crippen molar-refractivity contribution >= 4 is 15.2 Å². The molecule has 4 unspecified atom stereocenters. The van der Waals surface area contributed by atoms with Gasteiger partial charge in [-0.1, -0.05) is 0 Å². The van der Waals surface area contributed by atoms with Gasteiger partial charge < -0.3 is 1.43 Å². The summed E-state index contributed by atoms with van der Waals surface area (Å²) in [6.45, 7) is 0. The Bertz CT molecular complexity index is 139. The third-order valence-electron chi connectivity index (χ3n) is 1.75. The first-order chi connectivity index (χ1) is 5.04. The largest absolute Gasteiger partial charge is 1.00 e. The number of halogens is 5. The van der Waals surface area contributed by atoms with Crippen molar-refractivity contribution in [3.63, 3.8) is 0 Å². The Labute approximate surface area is 86.3 Å². The standard InChI is InChI=1S/C5H5F5.Al.Li.2H/c6-1-3(8)5(10)4(9)2-7;;;;/h1-5H;;;;/q;;+1;;-1. The molecule has 0 aromatic heterocycles. The van der Waals surface area contributed by atoms with E-state index in [4.69, 9.17) is 0 Å². The molecule has 0 aliphatic carbocycles. The maximum atomic E-state index is 12.3. The summed E-state index contributed by atoms with van der Waals surface area (Å²) in [6.07, 6.45) is -7.53. The third-order valence-corrected chi connectivity index (χ3v) is 3.55. The molecule has 66 valence electrons. The van der Waals surface area contributed by atoms with Gasteiger partial charge in [-0.15, -0.1) is 0 Å². The minimum Gasteiger partial charge on any atom is -1.00 e.